The fourth-order valence-corrected chi connectivity index (χ4v) is 2.64. The van der Waals surface area contributed by atoms with Gasteiger partial charge in [-0.25, -0.2) is 0 Å². The summed E-state index contributed by atoms with van der Waals surface area (Å²) < 4.78 is 15.4. The van der Waals surface area contributed by atoms with Crippen LogP contribution in [0.1, 0.15) is 58.4 Å². The molecule has 0 aliphatic heterocycles. The number of aliphatic hydroxyl groups is 1. The molecule has 0 heterocycles. The molecule has 0 spiro atoms. The van der Waals surface area contributed by atoms with Crippen molar-refractivity contribution in [2.45, 2.75) is 44.6 Å². The molecule has 1 aromatic rings. The van der Waals surface area contributed by atoms with E-state index in [0.29, 0.717) is 11.5 Å². The highest BCUT2D eigenvalue weighted by molar-refractivity contribution is 5.50. The Balaban J connectivity index is 2.08. The quantitative estimate of drug-likeness (QED) is 0.849. The second kappa shape index (κ2) is 7.46. The van der Waals surface area contributed by atoms with Gasteiger partial charge in [0, 0.05) is 2.74 Å². The molecular formula is C17H25NO. The Morgan fingerprint density at radius 3 is 2.89 bits per heavy atom. The van der Waals surface area contributed by atoms with Gasteiger partial charge in [-0.2, -0.15) is 0 Å². The number of nitrogens with two attached hydrogens (primary N) is 1. The first-order valence-electron chi connectivity index (χ1n) is 8.19. The Bertz CT molecular complexity index is 481. The predicted octanol–water partition coefficient (Wildman–Crippen LogP) is 3.66. The minimum Gasteiger partial charge on any atom is -0.388 e. The number of aliphatic hydroxyl groups excluding tert-OH is 1. The van der Waals surface area contributed by atoms with Gasteiger partial charge in [0.25, 0.3) is 0 Å². The first kappa shape index (κ1) is 11.7. The van der Waals surface area contributed by atoms with E-state index in [1.807, 2.05) is 18.2 Å². The van der Waals surface area contributed by atoms with Crippen molar-refractivity contribution in [2.75, 3.05) is 6.54 Å². The SMILES string of the molecule is [2H]C([2H])(CN)C(O)c1cccc(C=CC2CCCCC2)c1. The average Bonchev–Trinajstić information content (AvgIpc) is 2.53. The van der Waals surface area contributed by atoms with Gasteiger partial charge in [0.05, 0.1) is 6.10 Å². The Labute approximate surface area is 119 Å². The first-order chi connectivity index (χ1) is 10.0. The molecule has 1 atom stereocenters. The van der Waals surface area contributed by atoms with E-state index in [0.717, 1.165) is 5.56 Å². The molecule has 1 unspecified atom stereocenters. The van der Waals surface area contributed by atoms with Crippen LogP contribution in [0.5, 0.6) is 0 Å². The lowest BCUT2D eigenvalue weighted by Gasteiger charge is -2.17. The molecule has 0 saturated heterocycles. The highest BCUT2D eigenvalue weighted by Gasteiger charge is 2.10. The maximum atomic E-state index is 10.1. The van der Waals surface area contributed by atoms with Gasteiger partial charge in [0.2, 0.25) is 0 Å². The van der Waals surface area contributed by atoms with Crippen molar-refractivity contribution in [3.05, 3.63) is 41.5 Å². The Hall–Kier alpha value is -1.12. The first-order valence-corrected chi connectivity index (χ1v) is 7.19. The fourth-order valence-electron chi connectivity index (χ4n) is 2.64. The highest BCUT2D eigenvalue weighted by atomic mass is 16.3. The van der Waals surface area contributed by atoms with Crippen LogP contribution in [0.25, 0.3) is 6.08 Å². The third-order valence-corrected chi connectivity index (χ3v) is 3.75. The van der Waals surface area contributed by atoms with Crippen molar-refractivity contribution in [1.29, 1.82) is 0 Å². The zero-order valence-corrected chi connectivity index (χ0v) is 11.4. The van der Waals surface area contributed by atoms with Gasteiger partial charge in [0.15, 0.2) is 0 Å². The second-order valence-electron chi connectivity index (χ2n) is 5.24. The molecule has 2 rings (SSSR count). The van der Waals surface area contributed by atoms with Gasteiger partial charge < -0.3 is 10.8 Å². The standard InChI is InChI=1S/C17H25NO/c18-12-11-17(19)16-8-4-7-15(13-16)10-9-14-5-2-1-3-6-14/h4,7-10,13-14,17,19H,1-3,5-6,11-12,18H2/i11D2. The largest absolute Gasteiger partial charge is 0.388 e. The van der Waals surface area contributed by atoms with Crippen LogP contribution in [0.3, 0.4) is 0 Å². The van der Waals surface area contributed by atoms with Crippen LogP contribution in [0.2, 0.25) is 0 Å². The predicted molar refractivity (Wildman–Crippen MR) is 80.7 cm³/mol. The van der Waals surface area contributed by atoms with Crippen LogP contribution in [0.4, 0.5) is 0 Å². The Morgan fingerprint density at radius 2 is 2.16 bits per heavy atom. The molecule has 1 fully saturated rings. The van der Waals surface area contributed by atoms with Crippen LogP contribution < -0.4 is 5.73 Å². The number of hydrogen-bond acceptors (Lipinski definition) is 2. The maximum absolute atomic E-state index is 10.1. The number of benzene rings is 1. The van der Waals surface area contributed by atoms with Crippen LogP contribution in [-0.2, 0) is 0 Å². The third kappa shape index (κ3) is 4.48. The summed E-state index contributed by atoms with van der Waals surface area (Å²) in [6.07, 6.45) is 7.83. The molecule has 104 valence electrons. The molecule has 0 bridgehead atoms. The molecular weight excluding hydrogens is 234 g/mol. The normalized spacial score (nSPS) is 21.2. The topological polar surface area (TPSA) is 46.2 Å². The van der Waals surface area contributed by atoms with Gasteiger partial charge in [-0.3, -0.25) is 0 Å². The minimum atomic E-state index is -1.80. The number of allylic oxidation sites excluding steroid dienone is 1. The molecule has 0 amide bonds. The van der Waals surface area contributed by atoms with Gasteiger partial charge >= 0.3 is 0 Å². The van der Waals surface area contributed by atoms with Crippen LogP contribution >= 0.6 is 0 Å². The average molecular weight is 261 g/mol. The Morgan fingerprint density at radius 1 is 1.37 bits per heavy atom. The van der Waals surface area contributed by atoms with E-state index >= 15 is 0 Å². The molecule has 3 N–H and O–H groups in total. The summed E-state index contributed by atoms with van der Waals surface area (Å²) in [7, 11) is 0. The second-order valence-corrected chi connectivity index (χ2v) is 5.24. The molecule has 0 radical (unpaired) electrons. The molecule has 0 aromatic heterocycles. The summed E-state index contributed by atoms with van der Waals surface area (Å²) in [6.45, 7) is -0.198. The third-order valence-electron chi connectivity index (χ3n) is 3.75. The van der Waals surface area contributed by atoms with Crippen molar-refractivity contribution in [3.8, 4) is 0 Å². The maximum Gasteiger partial charge on any atom is 0.0802 e. The summed E-state index contributed by atoms with van der Waals surface area (Å²) in [5.74, 6) is 0.655. The van der Waals surface area contributed by atoms with E-state index in [9.17, 15) is 5.11 Å². The molecule has 2 nitrogen and oxygen atoms in total. The van der Waals surface area contributed by atoms with Crippen molar-refractivity contribution in [1.82, 2.24) is 0 Å². The van der Waals surface area contributed by atoms with Crippen LogP contribution in [-0.4, -0.2) is 11.7 Å². The van der Waals surface area contributed by atoms with E-state index in [4.69, 9.17) is 8.48 Å². The van der Waals surface area contributed by atoms with Gasteiger partial charge in [0.1, 0.15) is 0 Å². The molecule has 1 aliphatic carbocycles. The monoisotopic (exact) mass is 261 g/mol. The summed E-state index contributed by atoms with van der Waals surface area (Å²) >= 11 is 0. The zero-order chi connectivity index (χ0) is 15.3. The molecule has 1 saturated carbocycles. The molecule has 19 heavy (non-hydrogen) atoms. The van der Waals surface area contributed by atoms with Crippen molar-refractivity contribution < 1.29 is 7.85 Å². The van der Waals surface area contributed by atoms with Crippen LogP contribution in [0, 0.1) is 5.92 Å². The lowest BCUT2D eigenvalue weighted by Crippen LogP contribution is -2.06. The lowest BCUT2D eigenvalue weighted by atomic mass is 9.88. The van der Waals surface area contributed by atoms with E-state index in [2.05, 4.69) is 12.2 Å². The minimum absolute atomic E-state index is 0.198. The lowest BCUT2D eigenvalue weighted by molar-refractivity contribution is 0.170. The highest BCUT2D eigenvalue weighted by Crippen LogP contribution is 2.25. The molecule has 1 aromatic carbocycles. The summed E-state index contributed by atoms with van der Waals surface area (Å²) in [6, 6.07) is 7.42. The van der Waals surface area contributed by atoms with E-state index < -0.39 is 12.5 Å². The smallest absolute Gasteiger partial charge is 0.0802 e. The molecule has 2 heteroatoms. The van der Waals surface area contributed by atoms with Gasteiger partial charge in [-0.15, -0.1) is 0 Å². The van der Waals surface area contributed by atoms with E-state index in [1.165, 1.54) is 32.1 Å². The number of rotatable bonds is 5. The van der Waals surface area contributed by atoms with Crippen molar-refractivity contribution >= 4 is 6.08 Å². The van der Waals surface area contributed by atoms with Gasteiger partial charge in [-0.05, 0) is 48.9 Å². The van der Waals surface area contributed by atoms with Crippen molar-refractivity contribution in [2.24, 2.45) is 11.7 Å². The van der Waals surface area contributed by atoms with Crippen molar-refractivity contribution in [3.63, 3.8) is 0 Å². The summed E-state index contributed by atoms with van der Waals surface area (Å²) in [5.41, 5.74) is 6.97. The number of hydrogen-bond donors (Lipinski definition) is 2. The fraction of sp³-hybridized carbons (Fsp3) is 0.529. The van der Waals surface area contributed by atoms with E-state index in [1.54, 1.807) is 6.07 Å². The van der Waals surface area contributed by atoms with Gasteiger partial charge in [-0.1, -0.05) is 49.6 Å². The summed E-state index contributed by atoms with van der Waals surface area (Å²) in [5, 5.41) is 10.1. The van der Waals surface area contributed by atoms with Crippen LogP contribution in [0.15, 0.2) is 30.3 Å². The summed E-state index contributed by atoms with van der Waals surface area (Å²) in [4.78, 5) is 0. The Kier molecular flexibility index (Phi) is 4.59. The zero-order valence-electron chi connectivity index (χ0n) is 13.4. The van der Waals surface area contributed by atoms with E-state index in [-0.39, 0.29) is 6.54 Å². The molecule has 1 aliphatic rings.